The van der Waals surface area contributed by atoms with Crippen LogP contribution < -0.4 is 10.1 Å². The summed E-state index contributed by atoms with van der Waals surface area (Å²) in [5, 5.41) is 2.94. The SMILES string of the molecule is COc1cccc(CC(=O)Nc2ccc(C3CCN(C(=O)c4cn5cc(C(F)(F)F)ccc5n4)CC3)cc2)c1C. The molecule has 7 nitrogen and oxygen atoms in total. The van der Waals surface area contributed by atoms with Crippen molar-refractivity contribution < 1.29 is 27.5 Å². The number of amides is 2. The molecule has 3 heterocycles. The molecule has 10 heteroatoms. The van der Waals surface area contributed by atoms with Gasteiger partial charge in [0.15, 0.2) is 0 Å². The lowest BCUT2D eigenvalue weighted by molar-refractivity contribution is -0.137. The zero-order valence-corrected chi connectivity index (χ0v) is 22.2. The monoisotopic (exact) mass is 550 g/mol. The first-order valence-electron chi connectivity index (χ1n) is 13.0. The maximum absolute atomic E-state index is 13.0. The molecule has 2 aromatic heterocycles. The maximum Gasteiger partial charge on any atom is 0.417 e. The van der Waals surface area contributed by atoms with Crippen LogP contribution in [0.4, 0.5) is 18.9 Å². The smallest absolute Gasteiger partial charge is 0.417 e. The van der Waals surface area contributed by atoms with Crippen LogP contribution in [0.15, 0.2) is 67.0 Å². The second-order valence-corrected chi connectivity index (χ2v) is 9.96. The van der Waals surface area contributed by atoms with Crippen LogP contribution in [-0.2, 0) is 17.4 Å². The van der Waals surface area contributed by atoms with E-state index in [1.807, 2.05) is 49.4 Å². The number of carbonyl (C=O) groups excluding carboxylic acids is 2. The molecular formula is C30H29F3N4O3. The summed E-state index contributed by atoms with van der Waals surface area (Å²) in [6.45, 7) is 2.96. The number of carbonyl (C=O) groups is 2. The molecule has 1 N–H and O–H groups in total. The number of piperidine rings is 1. The average Bonchev–Trinajstić information content (AvgIpc) is 3.37. The summed E-state index contributed by atoms with van der Waals surface area (Å²) in [5.74, 6) is 0.599. The van der Waals surface area contributed by atoms with Crippen molar-refractivity contribution in [3.05, 3.63) is 94.9 Å². The number of alkyl halides is 3. The summed E-state index contributed by atoms with van der Waals surface area (Å²) < 4.78 is 45.6. The van der Waals surface area contributed by atoms with Crippen LogP contribution in [0.1, 0.15) is 51.5 Å². The number of aromatic nitrogens is 2. The highest BCUT2D eigenvalue weighted by Crippen LogP contribution is 2.31. The van der Waals surface area contributed by atoms with E-state index >= 15 is 0 Å². The molecule has 2 amide bonds. The molecule has 1 aliphatic rings. The summed E-state index contributed by atoms with van der Waals surface area (Å²) >= 11 is 0. The predicted octanol–water partition coefficient (Wildman–Crippen LogP) is 5.87. The van der Waals surface area contributed by atoms with Crippen molar-refractivity contribution in [3.8, 4) is 5.75 Å². The van der Waals surface area contributed by atoms with Crippen LogP contribution in [-0.4, -0.2) is 46.3 Å². The van der Waals surface area contributed by atoms with Crippen LogP contribution in [0.2, 0.25) is 0 Å². The molecule has 1 fully saturated rings. The second kappa shape index (κ2) is 11.0. The first-order chi connectivity index (χ1) is 19.1. The van der Waals surface area contributed by atoms with E-state index in [1.165, 1.54) is 16.7 Å². The molecule has 1 aliphatic heterocycles. The van der Waals surface area contributed by atoms with E-state index < -0.39 is 11.7 Å². The predicted molar refractivity (Wildman–Crippen MR) is 145 cm³/mol. The first kappa shape index (κ1) is 27.2. The number of ether oxygens (including phenoxy) is 1. The van der Waals surface area contributed by atoms with Crippen molar-refractivity contribution >= 4 is 23.1 Å². The number of hydrogen-bond donors (Lipinski definition) is 1. The van der Waals surface area contributed by atoms with E-state index in [1.54, 1.807) is 12.0 Å². The number of benzene rings is 2. The van der Waals surface area contributed by atoms with Gasteiger partial charge in [0.25, 0.3) is 5.91 Å². The zero-order valence-electron chi connectivity index (χ0n) is 22.2. The van der Waals surface area contributed by atoms with Crippen molar-refractivity contribution in [1.82, 2.24) is 14.3 Å². The lowest BCUT2D eigenvalue weighted by Crippen LogP contribution is -2.38. The number of imidazole rings is 1. The Kier molecular flexibility index (Phi) is 7.51. The molecule has 5 rings (SSSR count). The third-order valence-corrected chi connectivity index (χ3v) is 7.41. The molecule has 0 bridgehead atoms. The third-order valence-electron chi connectivity index (χ3n) is 7.41. The van der Waals surface area contributed by atoms with Gasteiger partial charge in [-0.2, -0.15) is 13.2 Å². The first-order valence-corrected chi connectivity index (χ1v) is 13.0. The van der Waals surface area contributed by atoms with Crippen molar-refractivity contribution in [2.45, 2.75) is 38.3 Å². The normalized spacial score (nSPS) is 14.4. The Morgan fingerprint density at radius 2 is 1.75 bits per heavy atom. The minimum absolute atomic E-state index is 0.113. The molecule has 0 unspecified atom stereocenters. The van der Waals surface area contributed by atoms with Gasteiger partial charge >= 0.3 is 6.18 Å². The fourth-order valence-electron chi connectivity index (χ4n) is 5.13. The van der Waals surface area contributed by atoms with E-state index in [0.717, 1.165) is 47.5 Å². The van der Waals surface area contributed by atoms with Gasteiger partial charge in [-0.15, -0.1) is 0 Å². The Morgan fingerprint density at radius 1 is 1.02 bits per heavy atom. The zero-order chi connectivity index (χ0) is 28.4. The molecule has 0 saturated carbocycles. The lowest BCUT2D eigenvalue weighted by Gasteiger charge is -2.32. The van der Waals surface area contributed by atoms with E-state index in [2.05, 4.69) is 10.3 Å². The molecular weight excluding hydrogens is 521 g/mol. The molecule has 40 heavy (non-hydrogen) atoms. The number of nitrogens with zero attached hydrogens (tertiary/aromatic N) is 3. The van der Waals surface area contributed by atoms with E-state index in [-0.39, 0.29) is 35.5 Å². The van der Waals surface area contributed by atoms with Crippen LogP contribution in [0, 0.1) is 6.92 Å². The fraction of sp³-hybridized carbons (Fsp3) is 0.300. The van der Waals surface area contributed by atoms with Crippen LogP contribution in [0.3, 0.4) is 0 Å². The van der Waals surface area contributed by atoms with Gasteiger partial charge in [0.2, 0.25) is 5.91 Å². The highest BCUT2D eigenvalue weighted by molar-refractivity contribution is 5.93. The Bertz CT molecular complexity index is 1540. The minimum atomic E-state index is -4.47. The van der Waals surface area contributed by atoms with Crippen molar-refractivity contribution in [3.63, 3.8) is 0 Å². The van der Waals surface area contributed by atoms with Crippen LogP contribution >= 0.6 is 0 Å². The molecule has 0 atom stereocenters. The Hall–Kier alpha value is -4.34. The number of nitrogens with one attached hydrogen (secondary N) is 1. The summed E-state index contributed by atoms with van der Waals surface area (Å²) in [6.07, 6.45) is -0.438. The van der Waals surface area contributed by atoms with Crippen molar-refractivity contribution in [1.29, 1.82) is 0 Å². The largest absolute Gasteiger partial charge is 0.496 e. The number of likely N-dealkylation sites (tertiary alicyclic amines) is 1. The molecule has 2 aromatic carbocycles. The third kappa shape index (κ3) is 5.80. The number of anilines is 1. The van der Waals surface area contributed by atoms with Crippen LogP contribution in [0.25, 0.3) is 5.65 Å². The van der Waals surface area contributed by atoms with E-state index in [0.29, 0.717) is 18.8 Å². The average molecular weight is 551 g/mol. The molecule has 0 aliphatic carbocycles. The number of hydrogen-bond acceptors (Lipinski definition) is 4. The highest BCUT2D eigenvalue weighted by atomic mass is 19.4. The van der Waals surface area contributed by atoms with Crippen LogP contribution in [0.5, 0.6) is 5.75 Å². The Labute approximate surface area is 229 Å². The number of pyridine rings is 1. The summed E-state index contributed by atoms with van der Waals surface area (Å²) in [7, 11) is 1.61. The topological polar surface area (TPSA) is 75.9 Å². The summed E-state index contributed by atoms with van der Waals surface area (Å²) in [6, 6.07) is 15.6. The van der Waals surface area contributed by atoms with Gasteiger partial charge in [0, 0.05) is 31.2 Å². The summed E-state index contributed by atoms with van der Waals surface area (Å²) in [5.41, 5.74) is 3.30. The van der Waals surface area contributed by atoms with Gasteiger partial charge in [0.05, 0.1) is 19.1 Å². The number of rotatable bonds is 6. The van der Waals surface area contributed by atoms with Gasteiger partial charge in [-0.1, -0.05) is 24.3 Å². The molecule has 0 spiro atoms. The number of halogens is 3. The van der Waals surface area contributed by atoms with Gasteiger partial charge < -0.3 is 19.4 Å². The van der Waals surface area contributed by atoms with Gasteiger partial charge in [0.1, 0.15) is 17.1 Å². The van der Waals surface area contributed by atoms with E-state index in [9.17, 15) is 22.8 Å². The number of fused-ring (bicyclic) bond motifs is 1. The molecule has 208 valence electrons. The second-order valence-electron chi connectivity index (χ2n) is 9.96. The maximum atomic E-state index is 13.0. The minimum Gasteiger partial charge on any atom is -0.496 e. The molecule has 4 aromatic rings. The Balaban J connectivity index is 1.16. The lowest BCUT2D eigenvalue weighted by atomic mass is 9.89. The summed E-state index contributed by atoms with van der Waals surface area (Å²) in [4.78, 5) is 31.5. The highest BCUT2D eigenvalue weighted by Gasteiger charge is 2.31. The quantitative estimate of drug-likeness (QED) is 0.326. The van der Waals surface area contributed by atoms with Crippen molar-refractivity contribution in [2.75, 3.05) is 25.5 Å². The molecule has 1 saturated heterocycles. The number of methoxy groups -OCH3 is 1. The van der Waals surface area contributed by atoms with Gasteiger partial charge in [-0.05, 0) is 72.7 Å². The van der Waals surface area contributed by atoms with Crippen molar-refractivity contribution in [2.24, 2.45) is 0 Å². The molecule has 0 radical (unpaired) electrons. The van der Waals surface area contributed by atoms with E-state index in [4.69, 9.17) is 4.74 Å². The fourth-order valence-corrected chi connectivity index (χ4v) is 5.13. The Morgan fingerprint density at radius 3 is 2.42 bits per heavy atom. The van der Waals surface area contributed by atoms with Gasteiger partial charge in [-0.3, -0.25) is 9.59 Å². The van der Waals surface area contributed by atoms with Gasteiger partial charge in [-0.25, -0.2) is 4.98 Å². The standard InChI is InChI=1S/C30H29F3N4O3/c1-19-22(4-3-5-26(19)40-2)16-28(38)34-24-9-6-20(7-10-24)21-12-14-36(15-13-21)29(39)25-18-37-17-23(30(31,32)33)8-11-27(37)35-25/h3-11,17-18,21H,12-16H2,1-2H3,(H,34,38).